The van der Waals surface area contributed by atoms with Crippen molar-refractivity contribution in [2.45, 2.75) is 57.3 Å². The maximum atomic E-state index is 12.4. The molecule has 1 aliphatic rings. The van der Waals surface area contributed by atoms with Crippen LogP contribution in [0.4, 0.5) is 13.2 Å². The summed E-state index contributed by atoms with van der Waals surface area (Å²) in [6.45, 7) is 6.20. The Labute approximate surface area is 134 Å². The predicted octanol–water partition coefficient (Wildman–Crippen LogP) is 4.02. The molecule has 3 nitrogen and oxygen atoms in total. The molecule has 0 atom stereocenters. The molecule has 0 aromatic heterocycles. The lowest BCUT2D eigenvalue weighted by molar-refractivity contribution is -0.226. The second-order valence-corrected chi connectivity index (χ2v) is 6.57. The fraction of sp³-hybridized carbons (Fsp3) is 0.588. The van der Waals surface area contributed by atoms with Gasteiger partial charge in [0.1, 0.15) is 0 Å². The van der Waals surface area contributed by atoms with Crippen molar-refractivity contribution in [3.05, 3.63) is 34.9 Å². The van der Waals surface area contributed by atoms with Gasteiger partial charge in [-0.3, -0.25) is 5.32 Å². The second kappa shape index (κ2) is 6.15. The van der Waals surface area contributed by atoms with E-state index in [0.717, 1.165) is 11.1 Å². The maximum Gasteiger partial charge on any atom is 0.490 e. The van der Waals surface area contributed by atoms with Crippen LogP contribution in [-0.2, 0) is 9.53 Å². The van der Waals surface area contributed by atoms with Gasteiger partial charge in [0.05, 0.1) is 0 Å². The largest absolute Gasteiger partial charge is 0.490 e. The van der Waals surface area contributed by atoms with Crippen molar-refractivity contribution in [2.24, 2.45) is 0 Å². The lowest BCUT2D eigenvalue weighted by atomic mass is 9.72. The average Bonchev–Trinajstić information content (AvgIpc) is 2.40. The van der Waals surface area contributed by atoms with Gasteiger partial charge in [0.25, 0.3) is 0 Å². The smallest absolute Gasteiger partial charge is 0.437 e. The molecule has 128 valence electrons. The summed E-state index contributed by atoms with van der Waals surface area (Å²) < 4.78 is 41.8. The van der Waals surface area contributed by atoms with Gasteiger partial charge < -0.3 is 4.74 Å². The van der Waals surface area contributed by atoms with Crippen LogP contribution < -0.4 is 5.32 Å². The summed E-state index contributed by atoms with van der Waals surface area (Å²) in [7, 11) is 1.51. The number of alkyl halides is 3. The third-order valence-electron chi connectivity index (χ3n) is 4.39. The number of carbonyl (C=O) groups is 1. The summed E-state index contributed by atoms with van der Waals surface area (Å²) in [6, 6.07) is 6.25. The van der Waals surface area contributed by atoms with Crippen LogP contribution in [0.5, 0.6) is 0 Å². The van der Waals surface area contributed by atoms with E-state index in [4.69, 9.17) is 0 Å². The molecule has 6 heteroatoms. The number of halogens is 3. The van der Waals surface area contributed by atoms with Gasteiger partial charge >= 0.3 is 12.1 Å². The Morgan fingerprint density at radius 1 is 1.30 bits per heavy atom. The van der Waals surface area contributed by atoms with E-state index in [1.54, 1.807) is 0 Å². The monoisotopic (exact) mass is 329 g/mol. The summed E-state index contributed by atoms with van der Waals surface area (Å²) in [6.07, 6.45) is -4.29. The van der Waals surface area contributed by atoms with E-state index in [0.29, 0.717) is 18.8 Å². The first-order valence-corrected chi connectivity index (χ1v) is 7.67. The highest BCUT2D eigenvalue weighted by Crippen LogP contribution is 2.46. The molecular weight excluding hydrogens is 307 g/mol. The van der Waals surface area contributed by atoms with Crippen molar-refractivity contribution in [3.63, 3.8) is 0 Å². The number of esters is 1. The molecule has 0 bridgehead atoms. The third kappa shape index (κ3) is 3.86. The standard InChI is InChI=1S/C17H22F3NO2/c1-10(2)12-5-11(3)6-13(7-12)14-8-16(9-14,21-4)23-15(22)17(18,19)20/h5-7,10,14,21H,8-9H2,1-4H3. The van der Waals surface area contributed by atoms with Crippen LogP contribution in [0.3, 0.4) is 0 Å². The van der Waals surface area contributed by atoms with E-state index >= 15 is 0 Å². The molecule has 0 aliphatic heterocycles. The number of ether oxygens (including phenoxy) is 1. The topological polar surface area (TPSA) is 38.3 Å². The van der Waals surface area contributed by atoms with Crippen molar-refractivity contribution in [1.82, 2.24) is 5.32 Å². The minimum atomic E-state index is -4.97. The Balaban J connectivity index is 2.11. The van der Waals surface area contributed by atoms with Crippen molar-refractivity contribution in [2.75, 3.05) is 7.05 Å². The van der Waals surface area contributed by atoms with Crippen molar-refractivity contribution in [3.8, 4) is 0 Å². The zero-order valence-corrected chi connectivity index (χ0v) is 13.8. The van der Waals surface area contributed by atoms with E-state index in [-0.39, 0.29) is 5.92 Å². The quantitative estimate of drug-likeness (QED) is 0.670. The number of nitrogens with one attached hydrogen (secondary N) is 1. The highest BCUT2D eigenvalue weighted by atomic mass is 19.4. The van der Waals surface area contributed by atoms with Crippen LogP contribution in [0.1, 0.15) is 55.2 Å². The SMILES string of the molecule is CNC1(OC(=O)C(F)(F)F)CC(c2cc(C)cc(C(C)C)c2)C1. The number of benzene rings is 1. The predicted molar refractivity (Wildman–Crippen MR) is 81.2 cm³/mol. The van der Waals surface area contributed by atoms with Crippen molar-refractivity contribution >= 4 is 5.97 Å². The zero-order chi connectivity index (χ0) is 17.4. The minimum absolute atomic E-state index is 0.0842. The Morgan fingerprint density at radius 2 is 1.91 bits per heavy atom. The molecule has 1 saturated carbocycles. The molecule has 0 saturated heterocycles. The maximum absolute atomic E-state index is 12.4. The van der Waals surface area contributed by atoms with E-state index in [1.165, 1.54) is 12.6 Å². The van der Waals surface area contributed by atoms with E-state index in [1.807, 2.05) is 13.0 Å². The van der Waals surface area contributed by atoms with Crippen LogP contribution in [0, 0.1) is 6.92 Å². The first-order valence-electron chi connectivity index (χ1n) is 7.67. The second-order valence-electron chi connectivity index (χ2n) is 6.57. The molecule has 0 radical (unpaired) electrons. The molecular formula is C17H22F3NO2. The molecule has 2 rings (SSSR count). The van der Waals surface area contributed by atoms with Gasteiger partial charge in [-0.15, -0.1) is 0 Å². The van der Waals surface area contributed by atoms with Gasteiger partial charge in [-0.2, -0.15) is 13.2 Å². The van der Waals surface area contributed by atoms with Gasteiger partial charge in [0, 0.05) is 12.8 Å². The Morgan fingerprint density at radius 3 is 2.39 bits per heavy atom. The number of hydrogen-bond acceptors (Lipinski definition) is 3. The zero-order valence-electron chi connectivity index (χ0n) is 13.8. The van der Waals surface area contributed by atoms with Gasteiger partial charge in [0.2, 0.25) is 0 Å². The molecule has 1 aliphatic carbocycles. The number of aryl methyl sites for hydroxylation is 1. The number of carbonyl (C=O) groups excluding carboxylic acids is 1. The van der Waals surface area contributed by atoms with Crippen LogP contribution in [-0.4, -0.2) is 24.9 Å². The molecule has 1 N–H and O–H groups in total. The summed E-state index contributed by atoms with van der Waals surface area (Å²) >= 11 is 0. The van der Waals surface area contributed by atoms with E-state index in [9.17, 15) is 18.0 Å². The lowest BCUT2D eigenvalue weighted by Crippen LogP contribution is -2.57. The van der Waals surface area contributed by atoms with Crippen LogP contribution in [0.15, 0.2) is 18.2 Å². The molecule has 1 aromatic carbocycles. The highest BCUT2D eigenvalue weighted by Gasteiger charge is 2.52. The van der Waals surface area contributed by atoms with E-state index in [2.05, 4.69) is 36.0 Å². The Kier molecular flexibility index (Phi) is 4.76. The van der Waals surface area contributed by atoms with Crippen LogP contribution in [0.25, 0.3) is 0 Å². The first kappa shape index (κ1) is 17.8. The van der Waals surface area contributed by atoms with E-state index < -0.39 is 17.9 Å². The molecule has 0 heterocycles. The normalized spacial score (nSPS) is 24.4. The van der Waals surface area contributed by atoms with Gasteiger partial charge in [-0.1, -0.05) is 37.6 Å². The average molecular weight is 329 g/mol. The van der Waals surface area contributed by atoms with Crippen molar-refractivity contribution in [1.29, 1.82) is 0 Å². The number of rotatable bonds is 4. The fourth-order valence-corrected chi connectivity index (χ4v) is 2.96. The molecule has 23 heavy (non-hydrogen) atoms. The van der Waals surface area contributed by atoms with Gasteiger partial charge in [-0.25, -0.2) is 4.79 Å². The van der Waals surface area contributed by atoms with Crippen molar-refractivity contribution < 1.29 is 22.7 Å². The Bertz CT molecular complexity index is 590. The van der Waals surface area contributed by atoms with Gasteiger partial charge in [-0.05, 0) is 36.9 Å². The first-order chi connectivity index (χ1) is 10.6. The summed E-state index contributed by atoms with van der Waals surface area (Å²) in [5.74, 6) is -1.68. The molecule has 0 spiro atoms. The fourth-order valence-electron chi connectivity index (χ4n) is 2.96. The molecule has 0 unspecified atom stereocenters. The molecule has 0 amide bonds. The summed E-state index contributed by atoms with van der Waals surface area (Å²) in [5.41, 5.74) is 2.19. The minimum Gasteiger partial charge on any atom is -0.437 e. The highest BCUT2D eigenvalue weighted by molar-refractivity contribution is 5.76. The van der Waals surface area contributed by atoms with Gasteiger partial charge in [0.15, 0.2) is 5.72 Å². The van der Waals surface area contributed by atoms with Crippen LogP contribution in [0.2, 0.25) is 0 Å². The molecule has 1 aromatic rings. The Hall–Kier alpha value is -1.56. The number of hydrogen-bond donors (Lipinski definition) is 1. The summed E-state index contributed by atoms with van der Waals surface area (Å²) in [4.78, 5) is 11.1. The summed E-state index contributed by atoms with van der Waals surface area (Å²) in [5, 5.41) is 2.73. The third-order valence-corrected chi connectivity index (χ3v) is 4.39. The van der Waals surface area contributed by atoms with Crippen LogP contribution >= 0.6 is 0 Å². The lowest BCUT2D eigenvalue weighted by Gasteiger charge is -2.46. The molecule has 1 fully saturated rings.